The van der Waals surface area contributed by atoms with Crippen molar-refractivity contribution in [1.82, 2.24) is 5.32 Å². The number of ketones is 1. The molecule has 1 amide bonds. The Morgan fingerprint density at radius 2 is 1.76 bits per heavy atom. The maximum absolute atomic E-state index is 13.6. The van der Waals surface area contributed by atoms with Gasteiger partial charge in [0.05, 0.1) is 25.9 Å². The number of esters is 1. The van der Waals surface area contributed by atoms with E-state index in [1.807, 2.05) is 30.3 Å². The molecule has 0 saturated carbocycles. The normalized spacial score (nSPS) is 17.9. The molecule has 9 heteroatoms. The van der Waals surface area contributed by atoms with Gasteiger partial charge in [0.25, 0.3) is 0 Å². The first-order valence-corrected chi connectivity index (χ1v) is 15.8. The first-order valence-electron chi connectivity index (χ1n) is 15.8. The molecule has 0 saturated heterocycles. The first kappa shape index (κ1) is 34.2. The third-order valence-electron chi connectivity index (χ3n) is 8.22. The lowest BCUT2D eigenvalue weighted by Crippen LogP contribution is -2.39. The van der Waals surface area contributed by atoms with E-state index in [2.05, 4.69) is 5.32 Å². The molecule has 0 spiro atoms. The number of fused-ring (bicyclic) bond motifs is 1. The molecule has 4 N–H and O–H groups in total. The van der Waals surface area contributed by atoms with Crippen molar-refractivity contribution in [3.8, 4) is 17.2 Å². The number of benzene rings is 3. The monoisotopic (exact) mass is 629 g/mol. The van der Waals surface area contributed by atoms with Crippen molar-refractivity contribution in [2.45, 2.75) is 76.4 Å². The summed E-state index contributed by atoms with van der Waals surface area (Å²) in [5.74, 6) is -2.08. The molecule has 1 heterocycles. The summed E-state index contributed by atoms with van der Waals surface area (Å²) in [4.78, 5) is 39.2. The van der Waals surface area contributed by atoms with Crippen molar-refractivity contribution in [3.63, 3.8) is 0 Å². The maximum Gasteiger partial charge on any atom is 0.342 e. The van der Waals surface area contributed by atoms with Gasteiger partial charge in [-0.1, -0.05) is 54.6 Å². The van der Waals surface area contributed by atoms with Crippen LogP contribution < -0.4 is 10.1 Å². The number of Topliss-reactive ketones (excluding diaryl/α,β-unsaturated/α-hetero) is 1. The molecule has 0 bridgehead atoms. The number of amides is 1. The van der Waals surface area contributed by atoms with Crippen molar-refractivity contribution >= 4 is 23.7 Å². The number of phenolic OH excluding ortho intramolecular Hbond substituents is 2. The van der Waals surface area contributed by atoms with E-state index in [9.17, 15) is 29.7 Å². The van der Waals surface area contributed by atoms with Gasteiger partial charge in [-0.3, -0.25) is 9.59 Å². The van der Waals surface area contributed by atoms with E-state index in [0.717, 1.165) is 5.56 Å². The van der Waals surface area contributed by atoms with Crippen molar-refractivity contribution in [2.75, 3.05) is 13.7 Å². The van der Waals surface area contributed by atoms with Gasteiger partial charge in [-0.25, -0.2) is 4.79 Å². The molecule has 4 rings (SSSR count). The van der Waals surface area contributed by atoms with Gasteiger partial charge >= 0.3 is 5.97 Å². The fraction of sp³-hybridized carbons (Fsp3) is 0.378. The largest absolute Gasteiger partial charge is 0.507 e. The number of carbonyl (C=O) groups excluding carboxylic acids is 3. The molecule has 1 aliphatic rings. The van der Waals surface area contributed by atoms with E-state index < -0.39 is 35.7 Å². The zero-order chi connectivity index (χ0) is 33.1. The maximum atomic E-state index is 13.6. The summed E-state index contributed by atoms with van der Waals surface area (Å²) in [5.41, 5.74) is 1.70. The van der Waals surface area contributed by atoms with Crippen molar-refractivity contribution in [3.05, 3.63) is 94.6 Å². The van der Waals surface area contributed by atoms with Crippen molar-refractivity contribution in [1.29, 1.82) is 0 Å². The topological polar surface area (TPSA) is 142 Å². The molecular weight excluding hydrogens is 586 g/mol. The number of carbonyl (C=O) groups is 3. The highest BCUT2D eigenvalue weighted by molar-refractivity contribution is 5.98. The van der Waals surface area contributed by atoms with Crippen LogP contribution >= 0.6 is 0 Å². The third-order valence-corrected chi connectivity index (χ3v) is 8.22. The van der Waals surface area contributed by atoms with Crippen LogP contribution in [0.25, 0.3) is 6.08 Å². The van der Waals surface area contributed by atoms with Crippen LogP contribution in [0.4, 0.5) is 0 Å². The van der Waals surface area contributed by atoms with Gasteiger partial charge in [0.1, 0.15) is 28.6 Å². The summed E-state index contributed by atoms with van der Waals surface area (Å²) >= 11 is 0. The molecule has 9 nitrogen and oxygen atoms in total. The molecule has 3 aromatic rings. The van der Waals surface area contributed by atoms with Crippen LogP contribution in [0.5, 0.6) is 17.2 Å². The standard InChI is InChI=1S/C37H43NO8/c1-24-10-9-15-29(40)14-8-4-7-13-27-21-32(41)35(36(43)34(27)37(44)46-24)31(26-16-18-30(45-2)19-17-26)22-33(42)38-28(23-39)20-25-11-5-3-6-12-25/h3,5-7,11-13,16-19,21,24,28,31,39,41,43H,4,8-10,14-15,20,22-23H2,1-2H3,(H,38,42)/b13-7+/t24-,28?,31?/m0/s1. The van der Waals surface area contributed by atoms with E-state index >= 15 is 0 Å². The Morgan fingerprint density at radius 1 is 1.04 bits per heavy atom. The Kier molecular flexibility index (Phi) is 12.4. The molecule has 0 aliphatic carbocycles. The quantitative estimate of drug-likeness (QED) is 0.217. The van der Waals surface area contributed by atoms with Crippen LogP contribution in [-0.2, 0) is 20.7 Å². The fourth-order valence-electron chi connectivity index (χ4n) is 5.77. The number of phenols is 2. The lowest BCUT2D eigenvalue weighted by Gasteiger charge is -2.24. The highest BCUT2D eigenvalue weighted by Gasteiger charge is 2.31. The van der Waals surface area contributed by atoms with Crippen LogP contribution in [0.15, 0.2) is 66.7 Å². The summed E-state index contributed by atoms with van der Waals surface area (Å²) in [5, 5.41) is 36.0. The van der Waals surface area contributed by atoms with E-state index in [1.54, 1.807) is 43.3 Å². The number of aliphatic hydroxyl groups excluding tert-OH is 1. The number of aliphatic hydroxyl groups is 1. The SMILES string of the molecule is COc1ccc(C(CC(=O)NC(CO)Cc2ccccc2)c2c(O)cc3c(c2O)C(=O)O[C@@H](C)CCCC(=O)CCC/C=C/3)cc1. The van der Waals surface area contributed by atoms with Crippen LogP contribution in [0.1, 0.15) is 90.4 Å². The van der Waals surface area contributed by atoms with E-state index in [4.69, 9.17) is 9.47 Å². The van der Waals surface area contributed by atoms with Crippen LogP contribution in [0.2, 0.25) is 0 Å². The third kappa shape index (κ3) is 9.20. The molecule has 244 valence electrons. The Balaban J connectivity index is 1.73. The van der Waals surface area contributed by atoms with Gasteiger partial charge in [0.2, 0.25) is 5.91 Å². The average molecular weight is 630 g/mol. The predicted octanol–water partition coefficient (Wildman–Crippen LogP) is 5.83. The van der Waals surface area contributed by atoms with Gasteiger partial charge in [-0.05, 0) is 73.9 Å². The number of methoxy groups -OCH3 is 1. The van der Waals surface area contributed by atoms with Crippen LogP contribution in [0, 0.1) is 0 Å². The highest BCUT2D eigenvalue weighted by Crippen LogP contribution is 2.44. The molecule has 46 heavy (non-hydrogen) atoms. The molecule has 3 aromatic carbocycles. The lowest BCUT2D eigenvalue weighted by atomic mass is 9.84. The second kappa shape index (κ2) is 16.6. The Morgan fingerprint density at radius 3 is 2.46 bits per heavy atom. The van der Waals surface area contributed by atoms with Crippen LogP contribution in [0.3, 0.4) is 0 Å². The Hall–Kier alpha value is -4.63. The molecule has 0 fully saturated rings. The number of nitrogens with one attached hydrogen (secondary N) is 1. The molecule has 2 unspecified atom stereocenters. The minimum atomic E-state index is -0.874. The minimum Gasteiger partial charge on any atom is -0.507 e. The van der Waals surface area contributed by atoms with Gasteiger partial charge in [0.15, 0.2) is 0 Å². The molecular formula is C37H43NO8. The lowest BCUT2D eigenvalue weighted by molar-refractivity contribution is -0.122. The summed E-state index contributed by atoms with van der Waals surface area (Å²) in [6.45, 7) is 1.45. The second-order valence-corrected chi connectivity index (χ2v) is 11.7. The zero-order valence-corrected chi connectivity index (χ0v) is 26.4. The van der Waals surface area contributed by atoms with Gasteiger partial charge in [0, 0.05) is 30.7 Å². The number of cyclic esters (lactones) is 1. The van der Waals surface area contributed by atoms with Crippen molar-refractivity contribution < 1.29 is 39.2 Å². The smallest absolute Gasteiger partial charge is 0.342 e. The number of hydrogen-bond acceptors (Lipinski definition) is 8. The molecule has 1 aliphatic heterocycles. The van der Waals surface area contributed by atoms with E-state index in [0.29, 0.717) is 56.3 Å². The summed E-state index contributed by atoms with van der Waals surface area (Å²) in [6, 6.07) is 17.2. The second-order valence-electron chi connectivity index (χ2n) is 11.7. The Labute approximate surface area is 269 Å². The molecule has 0 radical (unpaired) electrons. The number of allylic oxidation sites excluding steroid dienone is 1. The zero-order valence-electron chi connectivity index (χ0n) is 26.4. The van der Waals surface area contributed by atoms with Crippen LogP contribution in [-0.4, -0.2) is 58.8 Å². The van der Waals surface area contributed by atoms with Gasteiger partial charge in [-0.15, -0.1) is 0 Å². The highest BCUT2D eigenvalue weighted by atomic mass is 16.5. The Bertz CT molecular complexity index is 1520. The molecule has 0 aromatic heterocycles. The van der Waals surface area contributed by atoms with Gasteiger partial charge in [-0.2, -0.15) is 0 Å². The summed E-state index contributed by atoms with van der Waals surface area (Å²) < 4.78 is 11.0. The number of aromatic hydroxyl groups is 2. The number of rotatable bonds is 9. The van der Waals surface area contributed by atoms with E-state index in [-0.39, 0.29) is 41.3 Å². The number of ether oxygens (including phenoxy) is 2. The average Bonchev–Trinajstić information content (AvgIpc) is 3.03. The fourth-order valence-corrected chi connectivity index (χ4v) is 5.77. The van der Waals surface area contributed by atoms with Crippen molar-refractivity contribution in [2.24, 2.45) is 0 Å². The molecule has 3 atom stereocenters. The van der Waals surface area contributed by atoms with E-state index in [1.165, 1.54) is 13.2 Å². The summed E-state index contributed by atoms with van der Waals surface area (Å²) in [6.07, 6.45) is 6.28. The van der Waals surface area contributed by atoms with Gasteiger partial charge < -0.3 is 30.1 Å². The predicted molar refractivity (Wildman–Crippen MR) is 175 cm³/mol. The minimum absolute atomic E-state index is 0.00684. The number of hydrogen-bond donors (Lipinski definition) is 4. The first-order chi connectivity index (χ1) is 22.2. The summed E-state index contributed by atoms with van der Waals surface area (Å²) in [7, 11) is 1.53.